The lowest BCUT2D eigenvalue weighted by atomic mass is 10.2. The summed E-state index contributed by atoms with van der Waals surface area (Å²) in [6.07, 6.45) is 1.42. The first-order valence-electron chi connectivity index (χ1n) is 2.92. The van der Waals surface area contributed by atoms with Gasteiger partial charge in [0.05, 0.1) is 5.02 Å². The minimum Gasteiger partial charge on any atom is -0.205 e. The third-order valence-corrected chi connectivity index (χ3v) is 2.00. The molecule has 0 aromatic heterocycles. The maximum Gasteiger partial charge on any atom is 0.142 e. The fourth-order valence-electron chi connectivity index (χ4n) is 0.730. The molecule has 0 aliphatic heterocycles. The highest BCUT2D eigenvalue weighted by molar-refractivity contribution is 6.37. The molecule has 0 bridgehead atoms. The average Bonchev–Trinajstić information content (AvgIpc) is 1.99. The third-order valence-electron chi connectivity index (χ3n) is 1.28. The monoisotopic (exact) mass is 190 g/mol. The molecule has 0 radical (unpaired) electrons. The lowest BCUT2D eigenvalue weighted by Gasteiger charge is -2.00. The molecule has 3 heteroatoms. The zero-order chi connectivity index (χ0) is 8.43. The number of hydrogen-bond acceptors (Lipinski definition) is 0. The molecule has 0 nitrogen and oxygen atoms in total. The van der Waals surface area contributed by atoms with Crippen molar-refractivity contribution in [1.82, 2.24) is 0 Å². The van der Waals surface area contributed by atoms with Crippen LogP contribution in [0.2, 0.25) is 10.0 Å². The Labute approximate surface area is 74.2 Å². The van der Waals surface area contributed by atoms with E-state index < -0.39 is 5.82 Å². The quantitative estimate of drug-likeness (QED) is 0.592. The van der Waals surface area contributed by atoms with Crippen LogP contribution < -0.4 is 0 Å². The van der Waals surface area contributed by atoms with Crippen molar-refractivity contribution in [2.24, 2.45) is 0 Å². The highest BCUT2D eigenvalue weighted by atomic mass is 35.5. The van der Waals surface area contributed by atoms with Gasteiger partial charge in [-0.2, -0.15) is 0 Å². The van der Waals surface area contributed by atoms with Gasteiger partial charge < -0.3 is 0 Å². The van der Waals surface area contributed by atoms with Gasteiger partial charge in [-0.3, -0.25) is 0 Å². The van der Waals surface area contributed by atoms with Crippen molar-refractivity contribution in [3.63, 3.8) is 0 Å². The normalized spacial score (nSPS) is 9.73. The van der Waals surface area contributed by atoms with Crippen LogP contribution in [0.1, 0.15) is 5.56 Å². The van der Waals surface area contributed by atoms with Gasteiger partial charge in [0.2, 0.25) is 0 Å². The predicted molar refractivity (Wildman–Crippen MR) is 46.5 cm³/mol. The number of halogens is 3. The van der Waals surface area contributed by atoms with Crippen molar-refractivity contribution in [2.75, 3.05) is 0 Å². The zero-order valence-corrected chi connectivity index (χ0v) is 7.08. The molecule has 0 saturated carbocycles. The Morgan fingerprint density at radius 1 is 1.36 bits per heavy atom. The summed E-state index contributed by atoms with van der Waals surface area (Å²) < 4.78 is 12.7. The first kappa shape index (κ1) is 8.57. The molecule has 0 spiro atoms. The Balaban J connectivity index is 3.40. The molecule has 11 heavy (non-hydrogen) atoms. The molecule has 0 N–H and O–H groups in total. The van der Waals surface area contributed by atoms with Crippen molar-refractivity contribution < 1.29 is 4.39 Å². The van der Waals surface area contributed by atoms with Gasteiger partial charge in [-0.05, 0) is 12.1 Å². The van der Waals surface area contributed by atoms with Gasteiger partial charge in [-0.25, -0.2) is 4.39 Å². The summed E-state index contributed by atoms with van der Waals surface area (Å²) in [6, 6.07) is 2.66. The predicted octanol–water partition coefficient (Wildman–Crippen LogP) is 3.78. The lowest BCUT2D eigenvalue weighted by molar-refractivity contribution is 0.628. The Morgan fingerprint density at radius 3 is 2.45 bits per heavy atom. The van der Waals surface area contributed by atoms with Crippen molar-refractivity contribution in [1.29, 1.82) is 0 Å². The SMILES string of the molecule is C=Cc1c(Cl)ccc(F)c1Cl. The second-order valence-electron chi connectivity index (χ2n) is 1.96. The Morgan fingerprint density at radius 2 is 2.00 bits per heavy atom. The molecule has 0 unspecified atom stereocenters. The van der Waals surface area contributed by atoms with Crippen molar-refractivity contribution in [3.05, 3.63) is 40.1 Å². The highest BCUT2D eigenvalue weighted by Gasteiger charge is 2.06. The summed E-state index contributed by atoms with van der Waals surface area (Å²) in [7, 11) is 0. The molecule has 0 atom stereocenters. The Bertz CT molecular complexity index is 294. The summed E-state index contributed by atoms with van der Waals surface area (Å²) in [6.45, 7) is 3.46. The summed E-state index contributed by atoms with van der Waals surface area (Å²) in [5, 5.41) is 0.430. The molecule has 1 aromatic rings. The van der Waals surface area contributed by atoms with Crippen molar-refractivity contribution in [2.45, 2.75) is 0 Å². The first-order chi connectivity index (χ1) is 5.16. The van der Waals surface area contributed by atoms with Gasteiger partial charge in [-0.1, -0.05) is 35.9 Å². The third kappa shape index (κ3) is 1.55. The molecule has 0 fully saturated rings. The molecule has 58 valence electrons. The van der Waals surface area contributed by atoms with Crippen LogP contribution in [0.5, 0.6) is 0 Å². The Kier molecular flexibility index (Phi) is 2.53. The first-order valence-corrected chi connectivity index (χ1v) is 3.68. The van der Waals surface area contributed by atoms with Crippen molar-refractivity contribution in [3.8, 4) is 0 Å². The van der Waals surface area contributed by atoms with Crippen LogP contribution >= 0.6 is 23.2 Å². The fraction of sp³-hybridized carbons (Fsp3) is 0. The number of hydrogen-bond donors (Lipinski definition) is 0. The van der Waals surface area contributed by atoms with Crippen LogP contribution in [-0.4, -0.2) is 0 Å². The van der Waals surface area contributed by atoms with Gasteiger partial charge in [0, 0.05) is 10.6 Å². The van der Waals surface area contributed by atoms with E-state index in [0.29, 0.717) is 10.6 Å². The highest BCUT2D eigenvalue weighted by Crippen LogP contribution is 2.27. The molecule has 0 aliphatic rings. The van der Waals surface area contributed by atoms with E-state index in [-0.39, 0.29) is 5.02 Å². The fourth-order valence-corrected chi connectivity index (χ4v) is 1.25. The van der Waals surface area contributed by atoms with Crippen LogP contribution in [-0.2, 0) is 0 Å². The number of rotatable bonds is 1. The van der Waals surface area contributed by atoms with Gasteiger partial charge in [0.1, 0.15) is 5.82 Å². The van der Waals surface area contributed by atoms with E-state index in [4.69, 9.17) is 23.2 Å². The second-order valence-corrected chi connectivity index (χ2v) is 2.75. The van der Waals surface area contributed by atoms with Gasteiger partial charge in [-0.15, -0.1) is 0 Å². The molecule has 0 saturated heterocycles. The van der Waals surface area contributed by atoms with Gasteiger partial charge in [0.15, 0.2) is 0 Å². The summed E-state index contributed by atoms with van der Waals surface area (Å²) in [5.41, 5.74) is 0.438. The Hall–Kier alpha value is -0.530. The largest absolute Gasteiger partial charge is 0.205 e. The van der Waals surface area contributed by atoms with E-state index in [9.17, 15) is 4.39 Å². The summed E-state index contributed by atoms with van der Waals surface area (Å²) in [4.78, 5) is 0. The second kappa shape index (κ2) is 3.24. The van der Waals surface area contributed by atoms with Crippen molar-refractivity contribution >= 4 is 29.3 Å². The van der Waals surface area contributed by atoms with E-state index in [1.165, 1.54) is 18.2 Å². The van der Waals surface area contributed by atoms with Crippen LogP contribution in [0.3, 0.4) is 0 Å². The lowest BCUT2D eigenvalue weighted by Crippen LogP contribution is -1.82. The molecular weight excluding hydrogens is 186 g/mol. The molecule has 0 amide bonds. The molecule has 0 heterocycles. The van der Waals surface area contributed by atoms with Crippen LogP contribution in [0.15, 0.2) is 18.7 Å². The molecule has 1 rings (SSSR count). The molecular formula is C8H5Cl2F. The van der Waals surface area contributed by atoms with Crippen LogP contribution in [0.4, 0.5) is 4.39 Å². The van der Waals surface area contributed by atoms with Crippen LogP contribution in [0.25, 0.3) is 6.08 Å². The number of benzene rings is 1. The van der Waals surface area contributed by atoms with E-state index in [2.05, 4.69) is 6.58 Å². The zero-order valence-electron chi connectivity index (χ0n) is 5.57. The maximum absolute atomic E-state index is 12.7. The minimum absolute atomic E-state index is 0.0208. The maximum atomic E-state index is 12.7. The standard InChI is InChI=1S/C8H5Cl2F/c1-2-5-6(9)3-4-7(11)8(5)10/h2-4H,1H2. The van der Waals surface area contributed by atoms with Gasteiger partial charge >= 0.3 is 0 Å². The van der Waals surface area contributed by atoms with Crippen LogP contribution in [0, 0.1) is 5.82 Å². The minimum atomic E-state index is -0.481. The smallest absolute Gasteiger partial charge is 0.142 e. The average molecular weight is 191 g/mol. The topological polar surface area (TPSA) is 0 Å². The van der Waals surface area contributed by atoms with E-state index in [1.54, 1.807) is 0 Å². The van der Waals surface area contributed by atoms with Gasteiger partial charge in [0.25, 0.3) is 0 Å². The van der Waals surface area contributed by atoms with E-state index >= 15 is 0 Å². The summed E-state index contributed by atoms with van der Waals surface area (Å²) >= 11 is 11.2. The molecule has 1 aromatic carbocycles. The van der Waals surface area contributed by atoms with E-state index in [1.807, 2.05) is 0 Å². The summed E-state index contributed by atoms with van der Waals surface area (Å²) in [5.74, 6) is -0.481. The van der Waals surface area contributed by atoms with E-state index in [0.717, 1.165) is 0 Å². The molecule has 0 aliphatic carbocycles.